The van der Waals surface area contributed by atoms with Gasteiger partial charge in [-0.3, -0.25) is 9.59 Å². The maximum Gasteiger partial charge on any atom is 0.252 e. The van der Waals surface area contributed by atoms with Gasteiger partial charge in [0.2, 0.25) is 0 Å². The van der Waals surface area contributed by atoms with Crippen LogP contribution in [0.15, 0.2) is 60.0 Å². The SMILES string of the molecule is CC/C=C/C(=C\N(C)CCNCC)C(/C=O)=C(/C(=O)NC)c1cn(CCN(C)CCOC)c2ccccc12. The van der Waals surface area contributed by atoms with Crippen molar-refractivity contribution in [1.82, 2.24) is 25.0 Å². The third kappa shape index (κ3) is 8.68. The summed E-state index contributed by atoms with van der Waals surface area (Å²) in [6.07, 6.45) is 9.50. The minimum Gasteiger partial charge on any atom is -0.383 e. The van der Waals surface area contributed by atoms with Gasteiger partial charge in [-0.1, -0.05) is 44.2 Å². The van der Waals surface area contributed by atoms with E-state index >= 15 is 0 Å². The number of nitrogens with one attached hydrogen (secondary N) is 2. The van der Waals surface area contributed by atoms with Crippen molar-refractivity contribution in [2.24, 2.45) is 0 Å². The quantitative estimate of drug-likeness (QED) is 0.143. The monoisotopic (exact) mass is 523 g/mol. The second-order valence-corrected chi connectivity index (χ2v) is 9.26. The van der Waals surface area contributed by atoms with E-state index in [0.717, 1.165) is 68.4 Å². The Morgan fingerprint density at radius 1 is 1.13 bits per heavy atom. The lowest BCUT2D eigenvalue weighted by Crippen LogP contribution is -2.26. The maximum atomic E-state index is 13.4. The van der Waals surface area contributed by atoms with Gasteiger partial charge in [0.1, 0.15) is 0 Å². The molecule has 0 saturated carbocycles. The van der Waals surface area contributed by atoms with Crippen LogP contribution in [0.2, 0.25) is 0 Å². The van der Waals surface area contributed by atoms with Crippen molar-refractivity contribution in [1.29, 1.82) is 0 Å². The van der Waals surface area contributed by atoms with Gasteiger partial charge in [-0.25, -0.2) is 0 Å². The lowest BCUT2D eigenvalue weighted by Gasteiger charge is -2.18. The third-order valence-corrected chi connectivity index (χ3v) is 6.39. The first-order valence-corrected chi connectivity index (χ1v) is 13.4. The second-order valence-electron chi connectivity index (χ2n) is 9.26. The molecule has 2 aromatic rings. The average molecular weight is 524 g/mol. The van der Waals surface area contributed by atoms with Crippen LogP contribution in [0.4, 0.5) is 0 Å². The lowest BCUT2D eigenvalue weighted by molar-refractivity contribution is -0.115. The number of carbonyl (C=O) groups excluding carboxylic acids is 2. The van der Waals surface area contributed by atoms with Crippen LogP contribution in [-0.4, -0.2) is 94.1 Å². The number of methoxy groups -OCH3 is 1. The van der Waals surface area contributed by atoms with Gasteiger partial charge in [-0.2, -0.15) is 0 Å². The number of aromatic nitrogens is 1. The van der Waals surface area contributed by atoms with Gasteiger partial charge in [0.25, 0.3) is 5.91 Å². The number of para-hydroxylation sites is 1. The first kappa shape index (κ1) is 31.0. The molecule has 1 amide bonds. The van der Waals surface area contributed by atoms with Crippen LogP contribution >= 0.6 is 0 Å². The molecule has 1 heterocycles. The molecular formula is C30H45N5O3. The number of nitrogens with zero attached hydrogens (tertiary/aromatic N) is 3. The summed E-state index contributed by atoms with van der Waals surface area (Å²) >= 11 is 0. The Bertz CT molecular complexity index is 1130. The molecule has 1 aromatic carbocycles. The molecule has 38 heavy (non-hydrogen) atoms. The molecule has 1 aromatic heterocycles. The Balaban J connectivity index is 2.66. The first-order chi connectivity index (χ1) is 18.4. The molecule has 0 aliphatic heterocycles. The summed E-state index contributed by atoms with van der Waals surface area (Å²) in [4.78, 5) is 30.3. The number of fused-ring (bicyclic) bond motifs is 1. The summed E-state index contributed by atoms with van der Waals surface area (Å²) in [5.74, 6) is -0.293. The molecule has 2 N–H and O–H groups in total. The molecule has 0 bridgehead atoms. The van der Waals surface area contributed by atoms with Crippen molar-refractivity contribution < 1.29 is 14.3 Å². The molecule has 0 aliphatic carbocycles. The Hall–Kier alpha value is -3.20. The van der Waals surface area contributed by atoms with E-state index in [1.165, 1.54) is 0 Å². The predicted molar refractivity (Wildman–Crippen MR) is 157 cm³/mol. The highest BCUT2D eigenvalue weighted by Gasteiger charge is 2.23. The van der Waals surface area contributed by atoms with Gasteiger partial charge in [0.05, 0.1) is 12.2 Å². The lowest BCUT2D eigenvalue weighted by atomic mass is 9.94. The Morgan fingerprint density at radius 2 is 1.89 bits per heavy atom. The number of hydrogen-bond acceptors (Lipinski definition) is 6. The minimum atomic E-state index is -0.293. The third-order valence-electron chi connectivity index (χ3n) is 6.39. The minimum absolute atomic E-state index is 0.293. The summed E-state index contributed by atoms with van der Waals surface area (Å²) in [6, 6.07) is 8.02. The van der Waals surface area contributed by atoms with Gasteiger partial charge in [-0.05, 0) is 26.1 Å². The molecule has 0 aliphatic rings. The smallest absolute Gasteiger partial charge is 0.252 e. The number of carbonyl (C=O) groups is 2. The molecule has 0 radical (unpaired) electrons. The summed E-state index contributed by atoms with van der Waals surface area (Å²) in [5, 5.41) is 7.03. The molecule has 0 unspecified atom stereocenters. The Kier molecular flexibility index (Phi) is 13.6. The van der Waals surface area contributed by atoms with E-state index in [1.807, 2.05) is 61.6 Å². The summed E-state index contributed by atoms with van der Waals surface area (Å²) in [7, 11) is 7.35. The van der Waals surface area contributed by atoms with Gasteiger partial charge < -0.3 is 29.7 Å². The molecule has 2 rings (SSSR count). The summed E-state index contributed by atoms with van der Waals surface area (Å²) in [6.45, 7) is 9.67. The first-order valence-electron chi connectivity index (χ1n) is 13.4. The van der Waals surface area contributed by atoms with Gasteiger partial charge in [-0.15, -0.1) is 0 Å². The number of benzene rings is 1. The molecule has 208 valence electrons. The molecular weight excluding hydrogens is 478 g/mol. The van der Waals surface area contributed by atoms with Crippen LogP contribution in [0, 0.1) is 0 Å². The molecule has 0 fully saturated rings. The Labute approximate surface area is 228 Å². The van der Waals surface area contributed by atoms with Crippen molar-refractivity contribution >= 4 is 28.7 Å². The molecule has 8 heteroatoms. The standard InChI is InChI=1S/C30H45N5O3/c1-7-9-12-24(21-34(5)16-15-32-8-2)27(23-36)29(30(37)31-3)26-22-35(18-17-33(4)19-20-38-6)28-14-11-10-13-25(26)28/h9-14,21-23,32H,7-8,15-20H2,1-6H3,(H,31,37)/b12-9+,24-21+,29-27+. The van der Waals surface area contributed by atoms with Crippen LogP contribution < -0.4 is 10.6 Å². The van der Waals surface area contributed by atoms with Crippen molar-refractivity contribution in [2.45, 2.75) is 26.8 Å². The van der Waals surface area contributed by atoms with Crippen molar-refractivity contribution in [2.75, 3.05) is 67.6 Å². The zero-order valence-electron chi connectivity index (χ0n) is 23.9. The van der Waals surface area contributed by atoms with Crippen molar-refractivity contribution in [3.05, 3.63) is 65.5 Å². The second kappa shape index (κ2) is 16.6. The molecule has 0 atom stereocenters. The van der Waals surface area contributed by atoms with E-state index in [2.05, 4.69) is 40.1 Å². The molecule has 0 spiro atoms. The fourth-order valence-corrected chi connectivity index (χ4v) is 4.24. The fraction of sp³-hybridized carbons (Fsp3) is 0.467. The topological polar surface area (TPSA) is 78.8 Å². The highest BCUT2D eigenvalue weighted by molar-refractivity contribution is 6.27. The number of rotatable bonds is 17. The van der Waals surface area contributed by atoms with Crippen LogP contribution in [0.5, 0.6) is 0 Å². The maximum absolute atomic E-state index is 13.4. The zero-order valence-corrected chi connectivity index (χ0v) is 23.9. The van der Waals surface area contributed by atoms with Crippen LogP contribution in [0.25, 0.3) is 16.5 Å². The zero-order chi connectivity index (χ0) is 27.9. The van der Waals surface area contributed by atoms with E-state index in [1.54, 1.807) is 14.2 Å². The van der Waals surface area contributed by atoms with E-state index < -0.39 is 0 Å². The normalized spacial score (nSPS) is 12.9. The highest BCUT2D eigenvalue weighted by atomic mass is 16.5. The fourth-order valence-electron chi connectivity index (χ4n) is 4.24. The summed E-state index contributed by atoms with van der Waals surface area (Å²) in [5.41, 5.74) is 3.21. The predicted octanol–water partition coefficient (Wildman–Crippen LogP) is 3.31. The number of aldehydes is 1. The number of ether oxygens (including phenoxy) is 1. The van der Waals surface area contributed by atoms with Crippen molar-refractivity contribution in [3.8, 4) is 0 Å². The van der Waals surface area contributed by atoms with E-state index in [-0.39, 0.29) is 5.91 Å². The van der Waals surface area contributed by atoms with Gasteiger partial charge in [0, 0.05) is 93.9 Å². The average Bonchev–Trinajstić information content (AvgIpc) is 3.29. The Morgan fingerprint density at radius 3 is 2.55 bits per heavy atom. The van der Waals surface area contributed by atoms with E-state index in [9.17, 15) is 9.59 Å². The van der Waals surface area contributed by atoms with Gasteiger partial charge >= 0.3 is 0 Å². The largest absolute Gasteiger partial charge is 0.383 e. The number of allylic oxidation sites excluding steroid dienone is 4. The van der Waals surface area contributed by atoms with Crippen LogP contribution in [0.3, 0.4) is 0 Å². The number of likely N-dealkylation sites (N-methyl/N-ethyl adjacent to an activating group) is 4. The summed E-state index contributed by atoms with van der Waals surface area (Å²) < 4.78 is 7.36. The van der Waals surface area contributed by atoms with Crippen LogP contribution in [-0.2, 0) is 20.9 Å². The number of amides is 1. The number of hydrogen-bond donors (Lipinski definition) is 2. The highest BCUT2D eigenvalue weighted by Crippen LogP contribution is 2.32. The van der Waals surface area contributed by atoms with Crippen molar-refractivity contribution in [3.63, 3.8) is 0 Å². The molecule has 8 nitrogen and oxygen atoms in total. The van der Waals surface area contributed by atoms with E-state index in [0.29, 0.717) is 23.3 Å². The van der Waals surface area contributed by atoms with E-state index in [4.69, 9.17) is 4.74 Å². The van der Waals surface area contributed by atoms with Crippen LogP contribution in [0.1, 0.15) is 25.8 Å². The van der Waals surface area contributed by atoms with Gasteiger partial charge in [0.15, 0.2) is 6.29 Å². The molecule has 0 saturated heterocycles.